The quantitative estimate of drug-likeness (QED) is 0.621. The topological polar surface area (TPSA) is 38.3 Å². The summed E-state index contributed by atoms with van der Waals surface area (Å²) in [6.07, 6.45) is 2.40. The Morgan fingerprint density at radius 1 is 1.12 bits per heavy atom. The number of halogens is 1. The molecule has 24 heavy (non-hydrogen) atoms. The third-order valence-corrected chi connectivity index (χ3v) is 5.63. The van der Waals surface area contributed by atoms with Gasteiger partial charge >= 0.3 is 0 Å². The predicted octanol–water partition coefficient (Wildman–Crippen LogP) is 4.93. The number of aromatic nitrogens is 2. The van der Waals surface area contributed by atoms with Crippen molar-refractivity contribution in [3.8, 4) is 16.9 Å². The Morgan fingerprint density at radius 2 is 1.83 bits per heavy atom. The molecule has 0 saturated carbocycles. The number of rotatable bonds is 3. The molecule has 124 valence electrons. The van der Waals surface area contributed by atoms with E-state index in [0.717, 1.165) is 40.4 Å². The molecule has 1 aromatic carbocycles. The van der Waals surface area contributed by atoms with Crippen LogP contribution in [0.15, 0.2) is 24.3 Å². The highest BCUT2D eigenvalue weighted by atomic mass is 35.5. The molecule has 1 aliphatic heterocycles. The van der Waals surface area contributed by atoms with E-state index in [1.807, 2.05) is 12.1 Å². The van der Waals surface area contributed by atoms with Crippen molar-refractivity contribution in [3.63, 3.8) is 0 Å². The van der Waals surface area contributed by atoms with Crippen molar-refractivity contribution in [2.75, 3.05) is 25.1 Å². The van der Waals surface area contributed by atoms with Crippen molar-refractivity contribution >= 4 is 39.0 Å². The molecular weight excluding hydrogens is 342 g/mol. The van der Waals surface area contributed by atoms with Crippen LogP contribution in [0.5, 0.6) is 5.75 Å². The van der Waals surface area contributed by atoms with Gasteiger partial charge in [-0.15, -0.1) is 11.3 Å². The van der Waals surface area contributed by atoms with Crippen LogP contribution in [0.2, 0.25) is 5.28 Å². The Morgan fingerprint density at radius 3 is 2.50 bits per heavy atom. The number of anilines is 1. The van der Waals surface area contributed by atoms with E-state index >= 15 is 0 Å². The lowest BCUT2D eigenvalue weighted by molar-refractivity contribution is 0.415. The largest absolute Gasteiger partial charge is 0.497 e. The van der Waals surface area contributed by atoms with E-state index in [1.165, 1.54) is 23.3 Å². The van der Waals surface area contributed by atoms with E-state index in [0.29, 0.717) is 5.28 Å². The van der Waals surface area contributed by atoms with Crippen molar-refractivity contribution in [2.24, 2.45) is 0 Å². The van der Waals surface area contributed by atoms with Crippen LogP contribution in [0.1, 0.15) is 17.7 Å². The molecule has 2 aromatic heterocycles. The summed E-state index contributed by atoms with van der Waals surface area (Å²) in [5, 5.41) is 1.45. The van der Waals surface area contributed by atoms with Gasteiger partial charge in [-0.05, 0) is 49.1 Å². The second-order valence-corrected chi connectivity index (χ2v) is 7.49. The first kappa shape index (κ1) is 15.7. The van der Waals surface area contributed by atoms with Gasteiger partial charge in [0.05, 0.1) is 12.5 Å². The molecular formula is C18H18ClN3OS. The Labute approximate surface area is 150 Å². The SMILES string of the molecule is COc1ccc(-c2c(C)sc3nc(Cl)nc(N4CCCC4)c23)cc1. The van der Waals surface area contributed by atoms with Gasteiger partial charge in [0.15, 0.2) is 0 Å². The number of hydrogen-bond donors (Lipinski definition) is 0. The van der Waals surface area contributed by atoms with Crippen LogP contribution < -0.4 is 9.64 Å². The molecule has 0 unspecified atom stereocenters. The normalized spacial score (nSPS) is 14.5. The molecule has 6 heteroatoms. The maximum atomic E-state index is 6.19. The number of aryl methyl sites for hydroxylation is 1. The van der Waals surface area contributed by atoms with Gasteiger partial charge in [0.25, 0.3) is 0 Å². The molecule has 0 spiro atoms. The van der Waals surface area contributed by atoms with Gasteiger partial charge in [-0.3, -0.25) is 0 Å². The van der Waals surface area contributed by atoms with E-state index in [4.69, 9.17) is 16.3 Å². The van der Waals surface area contributed by atoms with Gasteiger partial charge in [-0.2, -0.15) is 4.98 Å². The summed E-state index contributed by atoms with van der Waals surface area (Å²) in [4.78, 5) is 13.6. The lowest BCUT2D eigenvalue weighted by Gasteiger charge is -2.18. The summed E-state index contributed by atoms with van der Waals surface area (Å²) in [5.74, 6) is 1.83. The minimum Gasteiger partial charge on any atom is -0.497 e. The zero-order valence-electron chi connectivity index (χ0n) is 13.7. The summed E-state index contributed by atoms with van der Waals surface area (Å²) in [6, 6.07) is 8.17. The molecule has 0 aliphatic carbocycles. The van der Waals surface area contributed by atoms with Gasteiger partial charge in [0, 0.05) is 23.5 Å². The Kier molecular flexibility index (Phi) is 4.06. The van der Waals surface area contributed by atoms with E-state index in [2.05, 4.69) is 33.9 Å². The van der Waals surface area contributed by atoms with Gasteiger partial charge in [-0.25, -0.2) is 4.98 Å². The summed E-state index contributed by atoms with van der Waals surface area (Å²) in [6.45, 7) is 4.19. The van der Waals surface area contributed by atoms with Crippen molar-refractivity contribution in [3.05, 3.63) is 34.4 Å². The molecule has 1 saturated heterocycles. The van der Waals surface area contributed by atoms with Crippen LogP contribution in [0.3, 0.4) is 0 Å². The minimum absolute atomic E-state index is 0.326. The zero-order chi connectivity index (χ0) is 16.7. The van der Waals surface area contributed by atoms with Gasteiger partial charge < -0.3 is 9.64 Å². The van der Waals surface area contributed by atoms with Crippen molar-refractivity contribution < 1.29 is 4.74 Å². The van der Waals surface area contributed by atoms with Crippen molar-refractivity contribution in [1.29, 1.82) is 0 Å². The molecule has 4 nitrogen and oxygen atoms in total. The molecule has 4 rings (SSSR count). The lowest BCUT2D eigenvalue weighted by Crippen LogP contribution is -2.19. The van der Waals surface area contributed by atoms with Gasteiger partial charge in [0.2, 0.25) is 5.28 Å². The molecule has 1 aliphatic rings. The van der Waals surface area contributed by atoms with E-state index in [-0.39, 0.29) is 0 Å². The number of benzene rings is 1. The fraction of sp³-hybridized carbons (Fsp3) is 0.333. The van der Waals surface area contributed by atoms with Crippen molar-refractivity contribution in [1.82, 2.24) is 9.97 Å². The number of thiophene rings is 1. The zero-order valence-corrected chi connectivity index (χ0v) is 15.2. The van der Waals surface area contributed by atoms with Crippen LogP contribution in [0.25, 0.3) is 21.3 Å². The second kappa shape index (κ2) is 6.22. The molecule has 3 heterocycles. The number of nitrogens with zero attached hydrogens (tertiary/aromatic N) is 3. The Hall–Kier alpha value is -1.85. The summed E-state index contributed by atoms with van der Waals surface area (Å²) >= 11 is 7.87. The Bertz CT molecular complexity index is 885. The summed E-state index contributed by atoms with van der Waals surface area (Å²) in [7, 11) is 1.68. The molecule has 0 radical (unpaired) electrons. The average Bonchev–Trinajstić information content (AvgIpc) is 3.21. The lowest BCUT2D eigenvalue weighted by atomic mass is 10.0. The fourth-order valence-corrected chi connectivity index (χ4v) is 4.59. The summed E-state index contributed by atoms with van der Waals surface area (Å²) < 4.78 is 5.28. The molecule has 0 N–H and O–H groups in total. The highest BCUT2D eigenvalue weighted by Crippen LogP contribution is 2.43. The number of ether oxygens (including phenoxy) is 1. The molecule has 0 atom stereocenters. The highest BCUT2D eigenvalue weighted by molar-refractivity contribution is 7.19. The average molecular weight is 360 g/mol. The first-order chi connectivity index (χ1) is 11.7. The van der Waals surface area contributed by atoms with E-state index in [1.54, 1.807) is 18.4 Å². The molecule has 3 aromatic rings. The van der Waals surface area contributed by atoms with Crippen LogP contribution in [0.4, 0.5) is 5.82 Å². The first-order valence-electron chi connectivity index (χ1n) is 8.03. The molecule has 0 bridgehead atoms. The monoisotopic (exact) mass is 359 g/mol. The second-order valence-electron chi connectivity index (χ2n) is 5.95. The van der Waals surface area contributed by atoms with E-state index in [9.17, 15) is 0 Å². The standard InChI is InChI=1S/C18H18ClN3OS/c1-11-14(12-5-7-13(23-2)8-6-12)15-16(22-9-3-4-10-22)20-18(19)21-17(15)24-11/h5-8H,3-4,9-10H2,1-2H3. The predicted molar refractivity (Wildman–Crippen MR) is 101 cm³/mol. The van der Waals surface area contributed by atoms with Gasteiger partial charge in [0.1, 0.15) is 16.4 Å². The third-order valence-electron chi connectivity index (χ3n) is 4.47. The molecule has 1 fully saturated rings. The van der Waals surface area contributed by atoms with E-state index < -0.39 is 0 Å². The maximum absolute atomic E-state index is 6.19. The van der Waals surface area contributed by atoms with Crippen LogP contribution in [0, 0.1) is 6.92 Å². The van der Waals surface area contributed by atoms with Crippen LogP contribution in [-0.4, -0.2) is 30.2 Å². The van der Waals surface area contributed by atoms with Crippen molar-refractivity contribution in [2.45, 2.75) is 19.8 Å². The number of hydrogen-bond acceptors (Lipinski definition) is 5. The van der Waals surface area contributed by atoms with Crippen LogP contribution in [-0.2, 0) is 0 Å². The molecule has 0 amide bonds. The van der Waals surface area contributed by atoms with Gasteiger partial charge in [-0.1, -0.05) is 12.1 Å². The smallest absolute Gasteiger partial charge is 0.225 e. The fourth-order valence-electron chi connectivity index (χ4n) is 3.33. The highest BCUT2D eigenvalue weighted by Gasteiger charge is 2.23. The number of methoxy groups -OCH3 is 1. The summed E-state index contributed by atoms with van der Waals surface area (Å²) in [5.41, 5.74) is 2.36. The Balaban J connectivity index is 1.95. The third kappa shape index (κ3) is 2.62. The minimum atomic E-state index is 0.326. The number of fused-ring (bicyclic) bond motifs is 1. The van der Waals surface area contributed by atoms with Crippen LogP contribution >= 0.6 is 22.9 Å². The maximum Gasteiger partial charge on any atom is 0.225 e. The first-order valence-corrected chi connectivity index (χ1v) is 9.23.